The molecule has 4 nitrogen and oxygen atoms in total. The van der Waals surface area contributed by atoms with E-state index in [1.807, 2.05) is 0 Å². The fourth-order valence-corrected chi connectivity index (χ4v) is 2.48. The van der Waals surface area contributed by atoms with Gasteiger partial charge in [0.05, 0.1) is 11.7 Å². The van der Waals surface area contributed by atoms with Crippen molar-refractivity contribution < 1.29 is 27.2 Å². The first-order chi connectivity index (χ1) is 11.8. The monoisotopic (exact) mass is 355 g/mol. The van der Waals surface area contributed by atoms with Gasteiger partial charge in [-0.1, -0.05) is 11.2 Å². The smallest absolute Gasteiger partial charge is 0.408 e. The van der Waals surface area contributed by atoms with E-state index in [0.29, 0.717) is 11.5 Å². The van der Waals surface area contributed by atoms with Crippen molar-refractivity contribution in [1.82, 2.24) is 9.78 Å². The molecule has 1 heterocycles. The Balaban J connectivity index is 2.03. The molecule has 0 unspecified atom stereocenters. The van der Waals surface area contributed by atoms with Gasteiger partial charge < -0.3 is 5.21 Å². The summed E-state index contributed by atoms with van der Waals surface area (Å²) in [6.45, 7) is -1.25. The minimum absolute atomic E-state index is 0.147. The minimum atomic E-state index is -4.42. The number of oxime groups is 1. The Labute approximate surface area is 137 Å². The molecule has 0 bridgehead atoms. The summed E-state index contributed by atoms with van der Waals surface area (Å²) in [5.74, 6) is -1.72. The minimum Gasteiger partial charge on any atom is -0.410 e. The third-order valence-corrected chi connectivity index (χ3v) is 3.53. The highest BCUT2D eigenvalue weighted by Gasteiger charge is 2.29. The van der Waals surface area contributed by atoms with Gasteiger partial charge in [0.15, 0.2) is 0 Å². The maximum absolute atomic E-state index is 13.9. The standard InChI is InChI=1S/C16H10F5N3O/c17-11-2-3-12(13(18)6-11)15(23-25)9-1-4-14-10(5-9)7-22-24(14)8-16(19,20)21/h1-7,25H,8H2. The van der Waals surface area contributed by atoms with Gasteiger partial charge in [0.1, 0.15) is 23.9 Å². The van der Waals surface area contributed by atoms with Crippen LogP contribution < -0.4 is 0 Å². The van der Waals surface area contributed by atoms with Crippen molar-refractivity contribution >= 4 is 16.6 Å². The molecule has 130 valence electrons. The SMILES string of the molecule is ON=C(c1ccc2c(cnn2CC(F)(F)F)c1)c1ccc(F)cc1F. The summed E-state index contributed by atoms with van der Waals surface area (Å²) in [6, 6.07) is 6.89. The van der Waals surface area contributed by atoms with Gasteiger partial charge in [0, 0.05) is 22.6 Å². The zero-order valence-corrected chi connectivity index (χ0v) is 12.4. The van der Waals surface area contributed by atoms with E-state index in [2.05, 4.69) is 10.3 Å². The summed E-state index contributed by atoms with van der Waals surface area (Å²) in [5, 5.41) is 16.3. The van der Waals surface area contributed by atoms with Gasteiger partial charge in [-0.05, 0) is 24.3 Å². The molecule has 0 saturated carbocycles. The lowest BCUT2D eigenvalue weighted by Gasteiger charge is -2.09. The second-order valence-corrected chi connectivity index (χ2v) is 5.26. The molecule has 0 amide bonds. The first kappa shape index (κ1) is 16.9. The second-order valence-electron chi connectivity index (χ2n) is 5.26. The van der Waals surface area contributed by atoms with E-state index in [1.54, 1.807) is 0 Å². The highest BCUT2D eigenvalue weighted by atomic mass is 19.4. The fourth-order valence-electron chi connectivity index (χ4n) is 2.48. The van der Waals surface area contributed by atoms with E-state index in [0.717, 1.165) is 16.8 Å². The predicted octanol–water partition coefficient (Wildman–Crippen LogP) is 4.10. The zero-order chi connectivity index (χ0) is 18.2. The van der Waals surface area contributed by atoms with Crippen LogP contribution in [0.1, 0.15) is 11.1 Å². The van der Waals surface area contributed by atoms with E-state index >= 15 is 0 Å². The van der Waals surface area contributed by atoms with Crippen LogP contribution >= 0.6 is 0 Å². The Bertz CT molecular complexity index is 962. The van der Waals surface area contributed by atoms with Crippen LogP contribution in [0.15, 0.2) is 47.8 Å². The van der Waals surface area contributed by atoms with Crippen molar-refractivity contribution in [3.05, 3.63) is 65.4 Å². The number of nitrogens with zero attached hydrogens (tertiary/aromatic N) is 3. The Morgan fingerprint density at radius 2 is 1.88 bits per heavy atom. The Morgan fingerprint density at radius 3 is 2.52 bits per heavy atom. The number of fused-ring (bicyclic) bond motifs is 1. The molecule has 2 aromatic carbocycles. The predicted molar refractivity (Wildman–Crippen MR) is 79.6 cm³/mol. The summed E-state index contributed by atoms with van der Waals surface area (Å²) >= 11 is 0. The van der Waals surface area contributed by atoms with Gasteiger partial charge in [-0.2, -0.15) is 18.3 Å². The third-order valence-electron chi connectivity index (χ3n) is 3.53. The van der Waals surface area contributed by atoms with Gasteiger partial charge in [-0.3, -0.25) is 4.68 Å². The van der Waals surface area contributed by atoms with Crippen molar-refractivity contribution in [2.24, 2.45) is 5.16 Å². The van der Waals surface area contributed by atoms with Crippen LogP contribution in [-0.4, -0.2) is 26.9 Å². The molecule has 0 aliphatic carbocycles. The number of halogens is 5. The fraction of sp³-hybridized carbons (Fsp3) is 0.125. The lowest BCUT2D eigenvalue weighted by atomic mass is 10.0. The lowest BCUT2D eigenvalue weighted by molar-refractivity contribution is -0.141. The largest absolute Gasteiger partial charge is 0.410 e. The molecule has 0 atom stereocenters. The highest BCUT2D eigenvalue weighted by Crippen LogP contribution is 2.24. The molecule has 25 heavy (non-hydrogen) atoms. The summed E-state index contributed by atoms with van der Waals surface area (Å²) in [7, 11) is 0. The van der Waals surface area contributed by atoms with Crippen molar-refractivity contribution in [1.29, 1.82) is 0 Å². The number of benzene rings is 2. The van der Waals surface area contributed by atoms with Gasteiger partial charge in [-0.15, -0.1) is 0 Å². The first-order valence-electron chi connectivity index (χ1n) is 6.98. The summed E-state index contributed by atoms with van der Waals surface area (Å²) in [6.07, 6.45) is -3.20. The van der Waals surface area contributed by atoms with E-state index in [-0.39, 0.29) is 22.4 Å². The topological polar surface area (TPSA) is 50.4 Å². The Morgan fingerprint density at radius 1 is 1.12 bits per heavy atom. The molecule has 9 heteroatoms. The first-order valence-corrected chi connectivity index (χ1v) is 6.98. The van der Waals surface area contributed by atoms with Crippen LogP contribution in [0.4, 0.5) is 22.0 Å². The van der Waals surface area contributed by atoms with E-state index in [1.165, 1.54) is 24.4 Å². The van der Waals surface area contributed by atoms with Crippen LogP contribution in [0, 0.1) is 11.6 Å². The maximum atomic E-state index is 13.9. The van der Waals surface area contributed by atoms with E-state index in [4.69, 9.17) is 0 Å². The van der Waals surface area contributed by atoms with Crippen LogP contribution in [0.2, 0.25) is 0 Å². The molecule has 3 rings (SSSR count). The number of hydrogen-bond donors (Lipinski definition) is 1. The lowest BCUT2D eigenvalue weighted by Crippen LogP contribution is -2.18. The van der Waals surface area contributed by atoms with Crippen molar-refractivity contribution in [2.75, 3.05) is 0 Å². The molecular weight excluding hydrogens is 345 g/mol. The molecule has 1 N–H and O–H groups in total. The molecule has 0 radical (unpaired) electrons. The van der Waals surface area contributed by atoms with Gasteiger partial charge in [0.25, 0.3) is 0 Å². The molecule has 0 aliphatic heterocycles. The molecule has 3 aromatic rings. The van der Waals surface area contributed by atoms with Crippen LogP contribution in [-0.2, 0) is 6.54 Å². The average molecular weight is 355 g/mol. The molecule has 0 fully saturated rings. The van der Waals surface area contributed by atoms with Crippen LogP contribution in [0.3, 0.4) is 0 Å². The molecule has 0 saturated heterocycles. The normalized spacial score (nSPS) is 12.8. The van der Waals surface area contributed by atoms with Crippen molar-refractivity contribution in [3.8, 4) is 0 Å². The third kappa shape index (κ3) is 3.44. The number of aromatic nitrogens is 2. The maximum Gasteiger partial charge on any atom is 0.408 e. The number of alkyl halides is 3. The molecule has 1 aromatic heterocycles. The Hall–Kier alpha value is -2.97. The molecule has 0 aliphatic rings. The van der Waals surface area contributed by atoms with E-state index in [9.17, 15) is 27.2 Å². The Kier molecular flexibility index (Phi) is 4.15. The van der Waals surface area contributed by atoms with E-state index < -0.39 is 24.4 Å². The van der Waals surface area contributed by atoms with Gasteiger partial charge in [-0.25, -0.2) is 8.78 Å². The highest BCUT2D eigenvalue weighted by molar-refractivity contribution is 6.13. The van der Waals surface area contributed by atoms with Crippen molar-refractivity contribution in [3.63, 3.8) is 0 Å². The summed E-state index contributed by atoms with van der Waals surface area (Å²) in [5.41, 5.74) is 0.138. The van der Waals surface area contributed by atoms with Gasteiger partial charge >= 0.3 is 6.18 Å². The average Bonchev–Trinajstić information content (AvgIpc) is 2.91. The quantitative estimate of drug-likeness (QED) is 0.333. The zero-order valence-electron chi connectivity index (χ0n) is 12.4. The number of rotatable bonds is 3. The molecular formula is C16H10F5N3O. The van der Waals surface area contributed by atoms with Crippen LogP contribution in [0.5, 0.6) is 0 Å². The number of hydrogen-bond acceptors (Lipinski definition) is 3. The van der Waals surface area contributed by atoms with Gasteiger partial charge in [0.2, 0.25) is 0 Å². The summed E-state index contributed by atoms with van der Waals surface area (Å²) < 4.78 is 65.3. The second kappa shape index (κ2) is 6.15. The van der Waals surface area contributed by atoms with Crippen LogP contribution in [0.25, 0.3) is 10.9 Å². The van der Waals surface area contributed by atoms with Crippen molar-refractivity contribution in [2.45, 2.75) is 12.7 Å². The molecule has 0 spiro atoms. The summed E-state index contributed by atoms with van der Waals surface area (Å²) in [4.78, 5) is 0.